The Balaban J connectivity index is 2.00. The van der Waals surface area contributed by atoms with Gasteiger partial charge >= 0.3 is 0 Å². The lowest BCUT2D eigenvalue weighted by atomic mass is 10.2. The largest absolute Gasteiger partial charge is 0.347 e. The van der Waals surface area contributed by atoms with Crippen LogP contribution in [0.15, 0.2) is 24.7 Å². The molecule has 2 heterocycles. The monoisotopic (exact) mass is 243 g/mol. The van der Waals surface area contributed by atoms with Gasteiger partial charge in [-0.1, -0.05) is 6.92 Å². The minimum Gasteiger partial charge on any atom is -0.347 e. The summed E-state index contributed by atoms with van der Waals surface area (Å²) in [4.78, 5) is 7.38. The Morgan fingerprint density at radius 3 is 3.00 bits per heavy atom. The van der Waals surface area contributed by atoms with Gasteiger partial charge in [0, 0.05) is 32.2 Å². The first-order valence-corrected chi connectivity index (χ1v) is 6.02. The zero-order valence-corrected chi connectivity index (χ0v) is 10.6. The molecule has 5 nitrogen and oxygen atoms in total. The van der Waals surface area contributed by atoms with Gasteiger partial charge in [-0.15, -0.1) is 0 Å². The molecule has 0 saturated heterocycles. The van der Waals surface area contributed by atoms with E-state index >= 15 is 0 Å². The zero-order chi connectivity index (χ0) is 13.0. The van der Waals surface area contributed by atoms with Crippen LogP contribution < -0.4 is 5.32 Å². The average molecular weight is 243 g/mol. The smallest absolute Gasteiger partial charge is 0.123 e. The van der Waals surface area contributed by atoms with Gasteiger partial charge in [0.05, 0.1) is 6.04 Å². The highest BCUT2D eigenvalue weighted by Gasteiger charge is 2.11. The summed E-state index contributed by atoms with van der Waals surface area (Å²) in [5.41, 5.74) is 1.79. The van der Waals surface area contributed by atoms with Crippen molar-refractivity contribution in [3.63, 3.8) is 0 Å². The molecule has 1 atom stereocenters. The van der Waals surface area contributed by atoms with Crippen molar-refractivity contribution in [1.29, 1.82) is 5.26 Å². The number of hydrogen-bond acceptors (Lipinski definition) is 3. The molecule has 0 fully saturated rings. The van der Waals surface area contributed by atoms with Gasteiger partial charge < -0.3 is 14.9 Å². The number of nitriles is 1. The SMILES string of the molecule is CCC(NCc1cc(C#N)n(C)c1)c1ncc[nH]1. The fraction of sp³-hybridized carbons (Fsp3) is 0.385. The standard InChI is InChI=1S/C13H17N5/c1-3-12(13-15-4-5-16-13)17-8-10-6-11(7-14)18(2)9-10/h4-6,9,12,17H,3,8H2,1-2H3,(H,15,16). The lowest BCUT2D eigenvalue weighted by Crippen LogP contribution is -2.21. The second-order valence-electron chi connectivity index (χ2n) is 4.27. The number of aromatic nitrogens is 3. The van der Waals surface area contributed by atoms with Crippen molar-refractivity contribution in [3.8, 4) is 6.07 Å². The first-order valence-electron chi connectivity index (χ1n) is 6.02. The topological polar surface area (TPSA) is 69.4 Å². The molecule has 2 rings (SSSR count). The maximum atomic E-state index is 8.90. The van der Waals surface area contributed by atoms with Crippen molar-refractivity contribution in [1.82, 2.24) is 19.9 Å². The molecule has 5 heteroatoms. The number of hydrogen-bond donors (Lipinski definition) is 2. The fourth-order valence-corrected chi connectivity index (χ4v) is 1.98. The first-order chi connectivity index (χ1) is 8.74. The number of aromatic amines is 1. The second kappa shape index (κ2) is 5.52. The lowest BCUT2D eigenvalue weighted by molar-refractivity contribution is 0.497. The number of aryl methyl sites for hydroxylation is 1. The highest BCUT2D eigenvalue weighted by Crippen LogP contribution is 2.13. The van der Waals surface area contributed by atoms with Crippen LogP contribution in [0.25, 0.3) is 0 Å². The van der Waals surface area contributed by atoms with Gasteiger partial charge in [-0.2, -0.15) is 5.26 Å². The molecular formula is C13H17N5. The highest BCUT2D eigenvalue weighted by atomic mass is 15.0. The Labute approximate surface area is 106 Å². The summed E-state index contributed by atoms with van der Waals surface area (Å²) in [5.74, 6) is 0.953. The quantitative estimate of drug-likeness (QED) is 0.842. The summed E-state index contributed by atoms with van der Waals surface area (Å²) < 4.78 is 1.84. The van der Waals surface area contributed by atoms with Crippen molar-refractivity contribution in [3.05, 3.63) is 41.7 Å². The summed E-state index contributed by atoms with van der Waals surface area (Å²) in [6.07, 6.45) is 6.53. The van der Waals surface area contributed by atoms with Crippen LogP contribution in [0.4, 0.5) is 0 Å². The second-order valence-corrected chi connectivity index (χ2v) is 4.27. The Morgan fingerprint density at radius 2 is 2.44 bits per heavy atom. The van der Waals surface area contributed by atoms with E-state index in [1.807, 2.05) is 30.1 Å². The third-order valence-corrected chi connectivity index (χ3v) is 2.99. The molecule has 0 spiro atoms. The fourth-order valence-electron chi connectivity index (χ4n) is 1.98. The van der Waals surface area contributed by atoms with E-state index in [4.69, 9.17) is 5.26 Å². The van der Waals surface area contributed by atoms with E-state index in [0.717, 1.165) is 24.4 Å². The molecule has 18 heavy (non-hydrogen) atoms. The predicted molar refractivity (Wildman–Crippen MR) is 68.6 cm³/mol. The van der Waals surface area contributed by atoms with Crippen LogP contribution in [0.5, 0.6) is 0 Å². The van der Waals surface area contributed by atoms with E-state index in [-0.39, 0.29) is 6.04 Å². The van der Waals surface area contributed by atoms with Crippen LogP contribution >= 0.6 is 0 Å². The Kier molecular flexibility index (Phi) is 3.80. The average Bonchev–Trinajstić information content (AvgIpc) is 3.00. The molecule has 0 saturated carbocycles. The number of H-pyrrole nitrogens is 1. The van der Waals surface area contributed by atoms with E-state index in [2.05, 4.69) is 28.3 Å². The highest BCUT2D eigenvalue weighted by molar-refractivity contribution is 5.28. The molecule has 94 valence electrons. The molecule has 0 aromatic carbocycles. The maximum Gasteiger partial charge on any atom is 0.123 e. The summed E-state index contributed by atoms with van der Waals surface area (Å²) >= 11 is 0. The van der Waals surface area contributed by atoms with Crippen LogP contribution in [0.1, 0.15) is 36.5 Å². The minimum absolute atomic E-state index is 0.214. The van der Waals surface area contributed by atoms with Crippen molar-refractivity contribution < 1.29 is 0 Å². The van der Waals surface area contributed by atoms with Gasteiger partial charge in [-0.05, 0) is 18.1 Å². The number of rotatable bonds is 5. The minimum atomic E-state index is 0.214. The van der Waals surface area contributed by atoms with Gasteiger partial charge in [0.15, 0.2) is 0 Å². The maximum absolute atomic E-state index is 8.90. The van der Waals surface area contributed by atoms with Crippen LogP contribution in [0.3, 0.4) is 0 Å². The predicted octanol–water partition coefficient (Wildman–Crippen LogP) is 1.86. The summed E-state index contributed by atoms with van der Waals surface area (Å²) in [6, 6.07) is 4.28. The molecule has 0 aliphatic carbocycles. The molecule has 2 aromatic rings. The summed E-state index contributed by atoms with van der Waals surface area (Å²) in [5, 5.41) is 12.3. The molecule has 0 radical (unpaired) electrons. The van der Waals surface area contributed by atoms with Crippen LogP contribution in [-0.4, -0.2) is 14.5 Å². The van der Waals surface area contributed by atoms with Crippen molar-refractivity contribution in [2.45, 2.75) is 25.9 Å². The van der Waals surface area contributed by atoms with Crippen molar-refractivity contribution in [2.75, 3.05) is 0 Å². The Morgan fingerprint density at radius 1 is 1.61 bits per heavy atom. The molecule has 0 aliphatic heterocycles. The van der Waals surface area contributed by atoms with E-state index < -0.39 is 0 Å². The van der Waals surface area contributed by atoms with Gasteiger partial charge in [-0.3, -0.25) is 0 Å². The zero-order valence-electron chi connectivity index (χ0n) is 10.6. The molecule has 0 amide bonds. The lowest BCUT2D eigenvalue weighted by Gasteiger charge is -2.13. The van der Waals surface area contributed by atoms with Gasteiger partial charge in [0.2, 0.25) is 0 Å². The number of nitrogens with one attached hydrogen (secondary N) is 2. The van der Waals surface area contributed by atoms with E-state index in [9.17, 15) is 0 Å². The molecule has 2 aromatic heterocycles. The van der Waals surface area contributed by atoms with Crippen LogP contribution in [0.2, 0.25) is 0 Å². The third kappa shape index (κ3) is 2.60. The number of nitrogens with zero attached hydrogens (tertiary/aromatic N) is 3. The Bertz CT molecular complexity index is 532. The van der Waals surface area contributed by atoms with Gasteiger partial charge in [0.1, 0.15) is 17.6 Å². The molecule has 0 aliphatic rings. The first kappa shape index (κ1) is 12.4. The van der Waals surface area contributed by atoms with Crippen LogP contribution in [-0.2, 0) is 13.6 Å². The Hall–Kier alpha value is -2.06. The van der Waals surface area contributed by atoms with E-state index in [1.165, 1.54) is 0 Å². The summed E-state index contributed by atoms with van der Waals surface area (Å²) in [6.45, 7) is 2.85. The van der Waals surface area contributed by atoms with Crippen molar-refractivity contribution in [2.24, 2.45) is 7.05 Å². The summed E-state index contributed by atoms with van der Waals surface area (Å²) in [7, 11) is 1.88. The van der Waals surface area contributed by atoms with Crippen LogP contribution in [0, 0.1) is 11.3 Å². The van der Waals surface area contributed by atoms with Gasteiger partial charge in [-0.25, -0.2) is 4.98 Å². The van der Waals surface area contributed by atoms with E-state index in [0.29, 0.717) is 5.69 Å². The number of imidazole rings is 1. The molecule has 1 unspecified atom stereocenters. The van der Waals surface area contributed by atoms with E-state index in [1.54, 1.807) is 6.20 Å². The van der Waals surface area contributed by atoms with Gasteiger partial charge in [0.25, 0.3) is 0 Å². The normalized spacial score (nSPS) is 12.3. The van der Waals surface area contributed by atoms with Crippen molar-refractivity contribution >= 4 is 0 Å². The third-order valence-electron chi connectivity index (χ3n) is 2.99. The molecule has 0 bridgehead atoms. The molecular weight excluding hydrogens is 226 g/mol. The molecule has 2 N–H and O–H groups in total.